The van der Waals surface area contributed by atoms with Crippen LogP contribution in [0.5, 0.6) is 0 Å². The highest BCUT2D eigenvalue weighted by Gasteiger charge is 2.29. The molecule has 0 bridgehead atoms. The maximum absolute atomic E-state index is 13.7. The lowest BCUT2D eigenvalue weighted by molar-refractivity contribution is 0.153. The van der Waals surface area contributed by atoms with Gasteiger partial charge in [0.15, 0.2) is 0 Å². The molecule has 0 aromatic heterocycles. The van der Waals surface area contributed by atoms with Gasteiger partial charge in [-0.3, -0.25) is 0 Å². The van der Waals surface area contributed by atoms with Crippen molar-refractivity contribution in [3.05, 3.63) is 28.5 Å². The largest absolute Gasteiger partial charge is 0.382 e. The van der Waals surface area contributed by atoms with E-state index in [1.54, 1.807) is 6.07 Å². The molecule has 0 saturated heterocycles. The Morgan fingerprint density at radius 1 is 1.20 bits per heavy atom. The quantitative estimate of drug-likeness (QED) is 0.726. The van der Waals surface area contributed by atoms with Gasteiger partial charge < -0.3 is 5.32 Å². The smallest absolute Gasteiger partial charge is 0.147 e. The Hall–Kier alpha value is -0.570. The van der Waals surface area contributed by atoms with Crippen LogP contribution in [0.4, 0.5) is 10.1 Å². The molecule has 3 heteroatoms. The second kappa shape index (κ2) is 6.46. The molecule has 1 nitrogen and oxygen atoms in total. The van der Waals surface area contributed by atoms with E-state index in [0.29, 0.717) is 17.0 Å². The number of benzene rings is 1. The molecule has 1 aliphatic rings. The topological polar surface area (TPSA) is 12.0 Å². The minimum Gasteiger partial charge on any atom is -0.382 e. The van der Waals surface area contributed by atoms with Crippen LogP contribution in [-0.2, 0) is 0 Å². The third-order valence-electron chi connectivity index (χ3n) is 4.58. The van der Waals surface area contributed by atoms with E-state index in [-0.39, 0.29) is 5.82 Å². The van der Waals surface area contributed by atoms with Crippen LogP contribution in [0.15, 0.2) is 22.7 Å². The molecule has 0 heterocycles. The van der Waals surface area contributed by atoms with E-state index in [4.69, 9.17) is 0 Å². The molecule has 1 fully saturated rings. The van der Waals surface area contributed by atoms with Crippen LogP contribution in [-0.4, -0.2) is 6.54 Å². The third kappa shape index (κ3) is 4.21. The van der Waals surface area contributed by atoms with Crippen molar-refractivity contribution in [3.63, 3.8) is 0 Å². The fraction of sp³-hybridized carbons (Fsp3) is 0.647. The van der Waals surface area contributed by atoms with Crippen LogP contribution in [0.2, 0.25) is 0 Å². The lowest BCUT2D eigenvalue weighted by Gasteiger charge is -2.37. The minimum atomic E-state index is -0.178. The zero-order valence-electron chi connectivity index (χ0n) is 12.7. The van der Waals surface area contributed by atoms with E-state index in [9.17, 15) is 4.39 Å². The van der Waals surface area contributed by atoms with Gasteiger partial charge in [0.2, 0.25) is 0 Å². The van der Waals surface area contributed by atoms with E-state index < -0.39 is 0 Å². The lowest BCUT2D eigenvalue weighted by Crippen LogP contribution is -2.28. The Morgan fingerprint density at radius 3 is 2.40 bits per heavy atom. The predicted molar refractivity (Wildman–Crippen MR) is 87.5 cm³/mol. The zero-order valence-corrected chi connectivity index (χ0v) is 14.3. The number of halogens is 2. The van der Waals surface area contributed by atoms with Crippen LogP contribution in [0.25, 0.3) is 0 Å². The van der Waals surface area contributed by atoms with Gasteiger partial charge in [0.05, 0.1) is 5.69 Å². The maximum atomic E-state index is 13.7. The molecule has 2 rings (SSSR count). The Labute approximate surface area is 130 Å². The standard InChI is InChI=1S/C17H25BrFN/c1-17(2,3)13-6-4-12(5-7-13)11-20-16-9-8-14(18)10-15(16)19/h8-10,12-13,20H,4-7,11H2,1-3H3. The predicted octanol–water partition coefficient (Wildman–Crippen LogP) is 5.85. The molecule has 0 spiro atoms. The molecule has 1 N–H and O–H groups in total. The van der Waals surface area contributed by atoms with Crippen molar-refractivity contribution in [2.75, 3.05) is 11.9 Å². The van der Waals surface area contributed by atoms with Gasteiger partial charge in [0, 0.05) is 11.0 Å². The molecule has 1 saturated carbocycles. The second-order valence-corrected chi connectivity index (χ2v) is 8.00. The molecule has 0 aliphatic heterocycles. The SMILES string of the molecule is CC(C)(C)C1CCC(CNc2ccc(Br)cc2F)CC1. The van der Waals surface area contributed by atoms with Gasteiger partial charge in [0.1, 0.15) is 5.82 Å². The summed E-state index contributed by atoms with van der Waals surface area (Å²) < 4.78 is 14.5. The summed E-state index contributed by atoms with van der Waals surface area (Å²) in [6, 6.07) is 5.20. The van der Waals surface area contributed by atoms with E-state index in [1.165, 1.54) is 31.7 Å². The fourth-order valence-corrected chi connectivity index (χ4v) is 3.45. The first kappa shape index (κ1) is 15.8. The first-order chi connectivity index (χ1) is 9.36. The molecular formula is C17H25BrFN. The monoisotopic (exact) mass is 341 g/mol. The molecule has 0 unspecified atom stereocenters. The van der Waals surface area contributed by atoms with Crippen molar-refractivity contribution in [2.24, 2.45) is 17.3 Å². The van der Waals surface area contributed by atoms with Crippen molar-refractivity contribution >= 4 is 21.6 Å². The molecule has 112 valence electrons. The summed E-state index contributed by atoms with van der Waals surface area (Å²) in [5.41, 5.74) is 1.04. The van der Waals surface area contributed by atoms with E-state index in [1.807, 2.05) is 6.07 Å². The summed E-state index contributed by atoms with van der Waals surface area (Å²) in [7, 11) is 0. The van der Waals surface area contributed by atoms with Crippen LogP contribution in [0, 0.1) is 23.1 Å². The van der Waals surface area contributed by atoms with Gasteiger partial charge in [0.25, 0.3) is 0 Å². The average Bonchev–Trinajstić information content (AvgIpc) is 2.37. The summed E-state index contributed by atoms with van der Waals surface area (Å²) in [4.78, 5) is 0. The van der Waals surface area contributed by atoms with Crippen molar-refractivity contribution < 1.29 is 4.39 Å². The van der Waals surface area contributed by atoms with Crippen molar-refractivity contribution in [2.45, 2.75) is 46.5 Å². The summed E-state index contributed by atoms with van der Waals surface area (Å²) in [6.45, 7) is 7.91. The van der Waals surface area contributed by atoms with Crippen LogP contribution < -0.4 is 5.32 Å². The molecule has 0 atom stereocenters. The summed E-state index contributed by atoms with van der Waals surface area (Å²) in [5.74, 6) is 1.34. The number of hydrogen-bond donors (Lipinski definition) is 1. The highest BCUT2D eigenvalue weighted by molar-refractivity contribution is 9.10. The first-order valence-corrected chi connectivity index (χ1v) is 8.34. The Kier molecular flexibility index (Phi) is 5.11. The molecule has 1 aromatic carbocycles. The van der Waals surface area contributed by atoms with E-state index in [0.717, 1.165) is 16.9 Å². The Bertz CT molecular complexity index is 445. The molecule has 1 aliphatic carbocycles. The van der Waals surface area contributed by atoms with Crippen molar-refractivity contribution in [3.8, 4) is 0 Å². The minimum absolute atomic E-state index is 0.178. The second-order valence-electron chi connectivity index (χ2n) is 7.09. The summed E-state index contributed by atoms with van der Waals surface area (Å²) >= 11 is 3.28. The highest BCUT2D eigenvalue weighted by Crippen LogP contribution is 2.39. The van der Waals surface area contributed by atoms with Crippen molar-refractivity contribution in [1.82, 2.24) is 0 Å². The molecule has 0 radical (unpaired) electrons. The number of nitrogens with one attached hydrogen (secondary N) is 1. The van der Waals surface area contributed by atoms with E-state index in [2.05, 4.69) is 42.0 Å². The van der Waals surface area contributed by atoms with Gasteiger partial charge in [-0.2, -0.15) is 0 Å². The average molecular weight is 342 g/mol. The number of rotatable bonds is 3. The van der Waals surface area contributed by atoms with Gasteiger partial charge in [-0.15, -0.1) is 0 Å². The number of anilines is 1. The lowest BCUT2D eigenvalue weighted by atomic mass is 9.70. The van der Waals surface area contributed by atoms with E-state index >= 15 is 0 Å². The molecular weight excluding hydrogens is 317 g/mol. The Morgan fingerprint density at radius 2 is 1.85 bits per heavy atom. The van der Waals surface area contributed by atoms with Gasteiger partial charge >= 0.3 is 0 Å². The summed E-state index contributed by atoms with van der Waals surface area (Å²) in [5, 5.41) is 3.27. The fourth-order valence-electron chi connectivity index (χ4n) is 3.12. The number of hydrogen-bond acceptors (Lipinski definition) is 1. The van der Waals surface area contributed by atoms with Crippen LogP contribution in [0.3, 0.4) is 0 Å². The zero-order chi connectivity index (χ0) is 14.8. The van der Waals surface area contributed by atoms with Crippen LogP contribution in [0.1, 0.15) is 46.5 Å². The van der Waals surface area contributed by atoms with Gasteiger partial charge in [-0.1, -0.05) is 36.7 Å². The molecule has 0 amide bonds. The van der Waals surface area contributed by atoms with Gasteiger partial charge in [-0.05, 0) is 61.1 Å². The van der Waals surface area contributed by atoms with Crippen molar-refractivity contribution in [1.29, 1.82) is 0 Å². The maximum Gasteiger partial charge on any atom is 0.147 e. The normalized spacial score (nSPS) is 23.6. The molecule has 1 aromatic rings. The highest BCUT2D eigenvalue weighted by atomic mass is 79.9. The third-order valence-corrected chi connectivity index (χ3v) is 5.08. The van der Waals surface area contributed by atoms with Crippen LogP contribution >= 0.6 is 15.9 Å². The summed E-state index contributed by atoms with van der Waals surface area (Å²) in [6.07, 6.45) is 5.12. The van der Waals surface area contributed by atoms with Gasteiger partial charge in [-0.25, -0.2) is 4.39 Å². The molecule has 20 heavy (non-hydrogen) atoms. The first-order valence-electron chi connectivity index (χ1n) is 7.55. The Balaban J connectivity index is 1.82.